The molecule has 0 bridgehead atoms. The van der Waals surface area contributed by atoms with Gasteiger partial charge in [-0.1, -0.05) is 11.8 Å². The van der Waals surface area contributed by atoms with E-state index in [0.717, 1.165) is 18.8 Å². The molecule has 0 spiro atoms. The number of amides is 1. The zero-order chi connectivity index (χ0) is 22.5. The second-order valence-electron chi connectivity index (χ2n) is 7.32. The van der Waals surface area contributed by atoms with Crippen LogP contribution < -0.4 is 25.5 Å². The fourth-order valence-electron chi connectivity index (χ4n) is 3.60. The van der Waals surface area contributed by atoms with Gasteiger partial charge in [0, 0.05) is 30.5 Å². The molecular formula is C22H26N6O3S. The van der Waals surface area contributed by atoms with Crippen LogP contribution in [-0.2, 0) is 4.79 Å². The number of carbonyl (C=O) groups excluding carboxylic acids is 1. The van der Waals surface area contributed by atoms with Gasteiger partial charge in [0.25, 0.3) is 0 Å². The summed E-state index contributed by atoms with van der Waals surface area (Å²) in [6.45, 7) is 2.18. The standard InChI is InChI=1S/C22H26N6O3S/c1-30-17-9-10-18(19(13-17)31-2)21-25-26-22(28(21)23)32-14-20(29)24-15-5-7-16(8-6-15)27-11-3-4-12-27/h5-10,13H,3-4,11-12,14,23H2,1-2H3,(H,24,29). The molecule has 1 saturated heterocycles. The Kier molecular flexibility index (Phi) is 6.69. The second kappa shape index (κ2) is 9.82. The SMILES string of the molecule is COc1ccc(-c2nnc(SCC(=O)Nc3ccc(N4CCCC4)cc3)n2N)c(OC)c1. The van der Waals surface area contributed by atoms with Crippen LogP contribution in [0.2, 0.25) is 0 Å². The number of nitrogens with two attached hydrogens (primary N) is 1. The van der Waals surface area contributed by atoms with Crippen LogP contribution in [-0.4, -0.2) is 53.8 Å². The summed E-state index contributed by atoms with van der Waals surface area (Å²) in [7, 11) is 3.15. The van der Waals surface area contributed by atoms with E-state index in [0.29, 0.717) is 28.0 Å². The van der Waals surface area contributed by atoms with E-state index in [9.17, 15) is 4.79 Å². The average Bonchev–Trinajstić information content (AvgIpc) is 3.48. The summed E-state index contributed by atoms with van der Waals surface area (Å²) in [6, 6.07) is 13.3. The molecule has 10 heteroatoms. The maximum atomic E-state index is 12.4. The van der Waals surface area contributed by atoms with Crippen molar-refractivity contribution in [1.29, 1.82) is 0 Å². The third kappa shape index (κ3) is 4.75. The summed E-state index contributed by atoms with van der Waals surface area (Å²) in [4.78, 5) is 14.8. The number of rotatable bonds is 8. The van der Waals surface area contributed by atoms with E-state index in [-0.39, 0.29) is 11.7 Å². The number of nitrogen functional groups attached to an aromatic ring is 1. The van der Waals surface area contributed by atoms with E-state index < -0.39 is 0 Å². The summed E-state index contributed by atoms with van der Waals surface area (Å²) < 4.78 is 12.0. The number of ether oxygens (including phenoxy) is 2. The Morgan fingerprint density at radius 3 is 2.53 bits per heavy atom. The lowest BCUT2D eigenvalue weighted by Crippen LogP contribution is -2.18. The predicted octanol–water partition coefficient (Wildman–Crippen LogP) is 3.01. The first-order valence-corrected chi connectivity index (χ1v) is 11.3. The second-order valence-corrected chi connectivity index (χ2v) is 8.26. The molecule has 3 aromatic rings. The van der Waals surface area contributed by atoms with Crippen LogP contribution in [0, 0.1) is 0 Å². The highest BCUT2D eigenvalue weighted by Gasteiger charge is 2.18. The molecule has 1 fully saturated rings. The number of nitrogens with one attached hydrogen (secondary N) is 1. The number of thioether (sulfide) groups is 1. The van der Waals surface area contributed by atoms with Crippen LogP contribution in [0.3, 0.4) is 0 Å². The first-order valence-electron chi connectivity index (χ1n) is 10.3. The van der Waals surface area contributed by atoms with Crippen molar-refractivity contribution in [3.63, 3.8) is 0 Å². The van der Waals surface area contributed by atoms with Crippen molar-refractivity contribution in [2.45, 2.75) is 18.0 Å². The maximum absolute atomic E-state index is 12.4. The molecule has 0 aliphatic carbocycles. The predicted molar refractivity (Wildman–Crippen MR) is 126 cm³/mol. The first kappa shape index (κ1) is 21.8. The van der Waals surface area contributed by atoms with Gasteiger partial charge >= 0.3 is 0 Å². The Labute approximate surface area is 190 Å². The summed E-state index contributed by atoms with van der Waals surface area (Å²) in [5, 5.41) is 11.6. The molecular weight excluding hydrogens is 428 g/mol. The van der Waals surface area contributed by atoms with Gasteiger partial charge in [-0.2, -0.15) is 0 Å². The fraction of sp³-hybridized carbons (Fsp3) is 0.318. The van der Waals surface area contributed by atoms with Crippen molar-refractivity contribution in [3.8, 4) is 22.9 Å². The van der Waals surface area contributed by atoms with Crippen molar-refractivity contribution >= 4 is 29.0 Å². The lowest BCUT2D eigenvalue weighted by Gasteiger charge is -2.17. The van der Waals surface area contributed by atoms with Gasteiger partial charge in [-0.05, 0) is 49.2 Å². The Bertz CT molecular complexity index is 1080. The third-order valence-corrected chi connectivity index (χ3v) is 6.21. The molecule has 2 aromatic carbocycles. The highest BCUT2D eigenvalue weighted by Crippen LogP contribution is 2.33. The molecule has 1 aliphatic heterocycles. The largest absolute Gasteiger partial charge is 0.497 e. The highest BCUT2D eigenvalue weighted by molar-refractivity contribution is 7.99. The Morgan fingerprint density at radius 1 is 1.09 bits per heavy atom. The van der Waals surface area contributed by atoms with Gasteiger partial charge in [0.2, 0.25) is 11.1 Å². The number of carbonyl (C=O) groups is 1. The van der Waals surface area contributed by atoms with Crippen LogP contribution in [0.5, 0.6) is 11.5 Å². The van der Waals surface area contributed by atoms with Gasteiger partial charge in [0.1, 0.15) is 11.5 Å². The number of aromatic nitrogens is 3. The number of benzene rings is 2. The number of nitrogens with zero attached hydrogens (tertiary/aromatic N) is 4. The zero-order valence-corrected chi connectivity index (χ0v) is 18.9. The molecule has 4 rings (SSSR count). The molecule has 1 amide bonds. The van der Waals surface area contributed by atoms with Gasteiger partial charge in [0.15, 0.2) is 5.82 Å². The molecule has 0 unspecified atom stereocenters. The van der Waals surface area contributed by atoms with Crippen molar-refractivity contribution in [1.82, 2.24) is 14.9 Å². The smallest absolute Gasteiger partial charge is 0.234 e. The maximum Gasteiger partial charge on any atom is 0.234 e. The van der Waals surface area contributed by atoms with E-state index in [1.807, 2.05) is 24.3 Å². The number of methoxy groups -OCH3 is 2. The third-order valence-electron chi connectivity index (χ3n) is 5.27. The van der Waals surface area contributed by atoms with Gasteiger partial charge in [0.05, 0.1) is 25.5 Å². The van der Waals surface area contributed by atoms with Gasteiger partial charge < -0.3 is 25.5 Å². The number of anilines is 2. The Balaban J connectivity index is 1.37. The first-order chi connectivity index (χ1) is 15.6. The van der Waals surface area contributed by atoms with Gasteiger partial charge in [-0.15, -0.1) is 10.2 Å². The van der Waals surface area contributed by atoms with E-state index >= 15 is 0 Å². The van der Waals surface area contributed by atoms with Crippen LogP contribution >= 0.6 is 11.8 Å². The van der Waals surface area contributed by atoms with Crippen LogP contribution in [0.15, 0.2) is 47.6 Å². The number of hydrogen-bond acceptors (Lipinski definition) is 8. The minimum Gasteiger partial charge on any atom is -0.497 e. The molecule has 2 heterocycles. The zero-order valence-electron chi connectivity index (χ0n) is 18.1. The van der Waals surface area contributed by atoms with Crippen molar-refractivity contribution < 1.29 is 14.3 Å². The fourth-order valence-corrected chi connectivity index (χ4v) is 4.26. The van der Waals surface area contributed by atoms with E-state index in [2.05, 4.69) is 20.4 Å². The van der Waals surface area contributed by atoms with E-state index in [4.69, 9.17) is 15.3 Å². The number of hydrogen-bond donors (Lipinski definition) is 2. The quantitative estimate of drug-likeness (QED) is 0.395. The molecule has 1 aliphatic rings. The lowest BCUT2D eigenvalue weighted by molar-refractivity contribution is -0.113. The molecule has 9 nitrogen and oxygen atoms in total. The summed E-state index contributed by atoms with van der Waals surface area (Å²) in [5.74, 6) is 7.87. The van der Waals surface area contributed by atoms with Crippen molar-refractivity contribution in [2.75, 3.05) is 49.1 Å². The molecule has 1 aromatic heterocycles. The molecule has 168 valence electrons. The highest BCUT2D eigenvalue weighted by atomic mass is 32.2. The molecule has 0 atom stereocenters. The van der Waals surface area contributed by atoms with Crippen molar-refractivity contribution in [3.05, 3.63) is 42.5 Å². The van der Waals surface area contributed by atoms with Crippen LogP contribution in [0.1, 0.15) is 12.8 Å². The summed E-state index contributed by atoms with van der Waals surface area (Å²) >= 11 is 1.21. The Hall–Kier alpha value is -3.40. The molecule has 0 saturated carbocycles. The van der Waals surface area contributed by atoms with E-state index in [1.165, 1.54) is 35.0 Å². The topological polar surface area (TPSA) is 108 Å². The van der Waals surface area contributed by atoms with E-state index in [1.54, 1.807) is 32.4 Å². The van der Waals surface area contributed by atoms with Crippen LogP contribution in [0.4, 0.5) is 11.4 Å². The minimum absolute atomic E-state index is 0.143. The molecule has 32 heavy (non-hydrogen) atoms. The Morgan fingerprint density at radius 2 is 1.84 bits per heavy atom. The van der Waals surface area contributed by atoms with Crippen molar-refractivity contribution in [2.24, 2.45) is 0 Å². The molecule has 3 N–H and O–H groups in total. The van der Waals surface area contributed by atoms with Crippen LogP contribution in [0.25, 0.3) is 11.4 Å². The van der Waals surface area contributed by atoms with Gasteiger partial charge in [-0.3, -0.25) is 4.79 Å². The minimum atomic E-state index is -0.143. The lowest BCUT2D eigenvalue weighted by atomic mass is 10.2. The average molecular weight is 455 g/mol. The monoisotopic (exact) mass is 454 g/mol. The molecule has 0 radical (unpaired) electrons. The van der Waals surface area contributed by atoms with Gasteiger partial charge in [-0.25, -0.2) is 4.68 Å². The summed E-state index contributed by atoms with van der Waals surface area (Å²) in [6.07, 6.45) is 2.46. The normalized spacial score (nSPS) is 13.2. The summed E-state index contributed by atoms with van der Waals surface area (Å²) in [5.41, 5.74) is 2.63.